The number of hydrogen-bond donors (Lipinski definition) is 1. The van der Waals surface area contributed by atoms with Crippen LogP contribution in [0.5, 0.6) is 0 Å². The topological polar surface area (TPSA) is 93.9 Å². The molecule has 0 saturated carbocycles. The van der Waals surface area contributed by atoms with Gasteiger partial charge in [0.1, 0.15) is 6.33 Å². The Bertz CT molecular complexity index is 937. The molecule has 2 aromatic rings. The van der Waals surface area contributed by atoms with Crippen LogP contribution in [0.4, 0.5) is 23.0 Å². The van der Waals surface area contributed by atoms with Gasteiger partial charge < -0.3 is 14.7 Å². The molecule has 10 heteroatoms. The number of nitrogens with zero attached hydrogens (tertiary/aromatic N) is 7. The molecule has 0 amide bonds. The van der Waals surface area contributed by atoms with Gasteiger partial charge >= 0.3 is 5.69 Å². The highest BCUT2D eigenvalue weighted by Crippen LogP contribution is 2.33. The third-order valence-electron chi connectivity index (χ3n) is 6.25. The molecule has 10 nitrogen and oxygen atoms in total. The second-order valence-corrected chi connectivity index (χ2v) is 8.25. The fourth-order valence-corrected chi connectivity index (χ4v) is 4.16. The smallest absolute Gasteiger partial charge is 0.354 e. The van der Waals surface area contributed by atoms with E-state index in [1.165, 1.54) is 23.1 Å². The standard InChI is InChI=1S/C21H30N8O2/c1-16-5-4-6-18(17(16)2)26-9-11-27(12-10-26)21-19(29(30)31)20(22-15-23-21)24-28-13-7-25(3)8-14-28/h4-6,15H,7-14H2,1-3H3,(H,22,23,24). The number of benzene rings is 1. The van der Waals surface area contributed by atoms with Gasteiger partial charge in [-0.25, -0.2) is 15.0 Å². The Morgan fingerprint density at radius 3 is 2.32 bits per heavy atom. The third kappa shape index (κ3) is 4.54. The van der Waals surface area contributed by atoms with Gasteiger partial charge in [0.05, 0.1) is 4.92 Å². The van der Waals surface area contributed by atoms with Crippen molar-refractivity contribution < 1.29 is 4.92 Å². The summed E-state index contributed by atoms with van der Waals surface area (Å²) in [7, 11) is 2.07. The van der Waals surface area contributed by atoms with Crippen LogP contribution < -0.4 is 15.2 Å². The maximum Gasteiger partial charge on any atom is 0.354 e. The first-order valence-electron chi connectivity index (χ1n) is 10.7. The average Bonchev–Trinajstić information content (AvgIpc) is 2.77. The highest BCUT2D eigenvalue weighted by atomic mass is 16.6. The number of nitrogens with one attached hydrogen (secondary N) is 1. The number of hydrazine groups is 1. The molecule has 1 N–H and O–H groups in total. The van der Waals surface area contributed by atoms with Crippen LogP contribution in [0.3, 0.4) is 0 Å². The van der Waals surface area contributed by atoms with Crippen molar-refractivity contribution in [3.8, 4) is 0 Å². The van der Waals surface area contributed by atoms with Gasteiger partial charge in [0.2, 0.25) is 11.6 Å². The van der Waals surface area contributed by atoms with Crippen molar-refractivity contribution in [2.75, 3.05) is 74.6 Å². The molecule has 31 heavy (non-hydrogen) atoms. The molecule has 1 aromatic carbocycles. The summed E-state index contributed by atoms with van der Waals surface area (Å²) in [5.74, 6) is 0.647. The fraction of sp³-hybridized carbons (Fsp3) is 0.524. The summed E-state index contributed by atoms with van der Waals surface area (Å²) >= 11 is 0. The van der Waals surface area contributed by atoms with E-state index in [4.69, 9.17) is 0 Å². The van der Waals surface area contributed by atoms with Gasteiger partial charge in [-0.1, -0.05) is 12.1 Å². The van der Waals surface area contributed by atoms with E-state index in [2.05, 4.69) is 64.3 Å². The number of aryl methyl sites for hydroxylation is 1. The van der Waals surface area contributed by atoms with Gasteiger partial charge in [-0.15, -0.1) is 0 Å². The van der Waals surface area contributed by atoms with E-state index in [9.17, 15) is 10.1 Å². The molecule has 166 valence electrons. The van der Waals surface area contributed by atoms with Crippen molar-refractivity contribution in [2.24, 2.45) is 0 Å². The highest BCUT2D eigenvalue weighted by molar-refractivity contribution is 5.70. The molecule has 0 bridgehead atoms. The normalized spacial score (nSPS) is 18.3. The largest absolute Gasteiger partial charge is 0.368 e. The van der Waals surface area contributed by atoms with Crippen LogP contribution in [0.25, 0.3) is 0 Å². The first-order valence-corrected chi connectivity index (χ1v) is 10.7. The average molecular weight is 427 g/mol. The molecule has 2 aliphatic heterocycles. The number of nitro groups is 1. The van der Waals surface area contributed by atoms with Crippen LogP contribution in [0.1, 0.15) is 11.1 Å². The van der Waals surface area contributed by atoms with Crippen LogP contribution >= 0.6 is 0 Å². The van der Waals surface area contributed by atoms with Gasteiger partial charge in [-0.05, 0) is 38.1 Å². The van der Waals surface area contributed by atoms with Crippen LogP contribution in [0.15, 0.2) is 24.5 Å². The summed E-state index contributed by atoms with van der Waals surface area (Å²) in [4.78, 5) is 26.7. The zero-order chi connectivity index (χ0) is 22.0. The van der Waals surface area contributed by atoms with Crippen LogP contribution in [-0.4, -0.2) is 84.2 Å². The van der Waals surface area contributed by atoms with E-state index in [1.807, 2.05) is 9.91 Å². The first-order chi connectivity index (χ1) is 14.9. The van der Waals surface area contributed by atoms with Crippen LogP contribution in [0, 0.1) is 24.0 Å². The lowest BCUT2D eigenvalue weighted by Gasteiger charge is -2.37. The number of piperazine rings is 2. The van der Waals surface area contributed by atoms with Gasteiger partial charge in [-0.2, -0.15) is 0 Å². The molecular weight excluding hydrogens is 396 g/mol. The lowest BCUT2D eigenvalue weighted by Crippen LogP contribution is -2.48. The third-order valence-corrected chi connectivity index (χ3v) is 6.25. The molecule has 0 aliphatic carbocycles. The van der Waals surface area contributed by atoms with Gasteiger partial charge in [0.15, 0.2) is 0 Å². The van der Waals surface area contributed by atoms with Gasteiger partial charge in [0.25, 0.3) is 0 Å². The Labute approximate surface area is 182 Å². The van der Waals surface area contributed by atoms with Crippen molar-refractivity contribution in [1.29, 1.82) is 0 Å². The number of rotatable bonds is 5. The summed E-state index contributed by atoms with van der Waals surface area (Å²) < 4.78 is 0. The van der Waals surface area contributed by atoms with Gasteiger partial charge in [0, 0.05) is 58.0 Å². The SMILES string of the molecule is Cc1cccc(N2CCN(c3ncnc(NN4CCN(C)CC4)c3[N+](=O)[O-])CC2)c1C. The molecule has 2 fully saturated rings. The van der Waals surface area contributed by atoms with Crippen molar-refractivity contribution in [2.45, 2.75) is 13.8 Å². The maximum absolute atomic E-state index is 12.0. The molecule has 1 aromatic heterocycles. The number of aromatic nitrogens is 2. The zero-order valence-corrected chi connectivity index (χ0v) is 18.4. The quantitative estimate of drug-likeness (QED) is 0.568. The van der Waals surface area contributed by atoms with E-state index < -0.39 is 0 Å². The minimum absolute atomic E-state index is 0.0541. The fourth-order valence-electron chi connectivity index (χ4n) is 4.16. The number of anilines is 3. The monoisotopic (exact) mass is 426 g/mol. The summed E-state index contributed by atoms with van der Waals surface area (Å²) in [5, 5.41) is 14.0. The number of hydrogen-bond acceptors (Lipinski definition) is 9. The second-order valence-electron chi connectivity index (χ2n) is 8.25. The van der Waals surface area contributed by atoms with Crippen LogP contribution in [0.2, 0.25) is 0 Å². The predicted molar refractivity (Wildman–Crippen MR) is 122 cm³/mol. The summed E-state index contributed by atoms with van der Waals surface area (Å²) in [6.45, 7) is 10.5. The second kappa shape index (κ2) is 9.03. The Hall–Kier alpha value is -2.98. The molecular formula is C21H30N8O2. The molecule has 4 rings (SSSR count). The summed E-state index contributed by atoms with van der Waals surface area (Å²) in [6.07, 6.45) is 1.41. The van der Waals surface area contributed by atoms with E-state index in [0.717, 1.165) is 39.3 Å². The Morgan fingerprint density at radius 2 is 1.65 bits per heavy atom. The Balaban J connectivity index is 1.51. The summed E-state index contributed by atoms with van der Waals surface area (Å²) in [5.41, 5.74) is 6.88. The lowest BCUT2D eigenvalue weighted by atomic mass is 10.1. The lowest BCUT2D eigenvalue weighted by molar-refractivity contribution is -0.383. The van der Waals surface area contributed by atoms with E-state index in [-0.39, 0.29) is 16.4 Å². The van der Waals surface area contributed by atoms with Crippen molar-refractivity contribution in [3.63, 3.8) is 0 Å². The predicted octanol–water partition coefficient (Wildman–Crippen LogP) is 1.90. The zero-order valence-electron chi connectivity index (χ0n) is 18.4. The van der Waals surface area contributed by atoms with Crippen molar-refractivity contribution in [1.82, 2.24) is 19.9 Å². The summed E-state index contributed by atoms with van der Waals surface area (Å²) in [6, 6.07) is 6.34. The molecule has 3 heterocycles. The minimum Gasteiger partial charge on any atom is -0.368 e. The van der Waals surface area contributed by atoms with Crippen molar-refractivity contribution >= 4 is 23.0 Å². The maximum atomic E-state index is 12.0. The van der Waals surface area contributed by atoms with E-state index in [1.54, 1.807) is 0 Å². The molecule has 2 saturated heterocycles. The van der Waals surface area contributed by atoms with Crippen LogP contribution in [-0.2, 0) is 0 Å². The molecule has 0 radical (unpaired) electrons. The Kier molecular flexibility index (Phi) is 6.19. The molecule has 2 aliphatic rings. The first kappa shape index (κ1) is 21.3. The van der Waals surface area contributed by atoms with Gasteiger partial charge in [-0.3, -0.25) is 15.5 Å². The van der Waals surface area contributed by atoms with E-state index in [0.29, 0.717) is 18.9 Å². The minimum atomic E-state index is -0.370. The Morgan fingerprint density at radius 1 is 0.968 bits per heavy atom. The van der Waals surface area contributed by atoms with E-state index >= 15 is 0 Å². The van der Waals surface area contributed by atoms with Crippen molar-refractivity contribution in [3.05, 3.63) is 45.8 Å². The molecule has 0 unspecified atom stereocenters. The molecule has 0 spiro atoms. The molecule has 0 atom stereocenters. The highest BCUT2D eigenvalue weighted by Gasteiger charge is 2.30. The number of likely N-dealkylation sites (N-methyl/N-ethyl adjacent to an activating group) is 1.